The lowest BCUT2D eigenvalue weighted by atomic mass is 9.78. The molecular weight excluding hydrogens is 222 g/mol. The molecule has 0 aromatic heterocycles. The van der Waals surface area contributed by atoms with E-state index in [-0.39, 0.29) is 6.10 Å². The summed E-state index contributed by atoms with van der Waals surface area (Å²) in [5.74, 6) is 0.540. The topological polar surface area (TPSA) is 23.5 Å². The van der Waals surface area contributed by atoms with Crippen LogP contribution in [0.3, 0.4) is 0 Å². The molecule has 2 nitrogen and oxygen atoms in total. The maximum atomic E-state index is 10.2. The Hall–Kier alpha value is -0.0800. The van der Waals surface area contributed by atoms with Crippen molar-refractivity contribution >= 4 is 0 Å². The Morgan fingerprint density at radius 2 is 1.78 bits per heavy atom. The van der Waals surface area contributed by atoms with E-state index in [9.17, 15) is 5.11 Å². The Balaban J connectivity index is 1.79. The van der Waals surface area contributed by atoms with Crippen LogP contribution in [0.4, 0.5) is 0 Å². The van der Waals surface area contributed by atoms with Crippen LogP contribution < -0.4 is 0 Å². The normalized spacial score (nSPS) is 34.2. The number of likely N-dealkylation sites (tertiary alicyclic amines) is 1. The molecule has 0 radical (unpaired) electrons. The number of nitrogens with zero attached hydrogens (tertiary/aromatic N) is 1. The highest BCUT2D eigenvalue weighted by Crippen LogP contribution is 2.34. The molecule has 2 heteroatoms. The number of piperidine rings is 1. The minimum Gasteiger partial charge on any atom is -0.393 e. The highest BCUT2D eigenvalue weighted by molar-refractivity contribution is 4.84. The van der Waals surface area contributed by atoms with E-state index in [4.69, 9.17) is 0 Å². The number of hydrogen-bond donors (Lipinski definition) is 1. The molecule has 0 aromatic rings. The highest BCUT2D eigenvalue weighted by atomic mass is 16.3. The molecule has 1 saturated heterocycles. The lowest BCUT2D eigenvalue weighted by Crippen LogP contribution is -2.42. The molecule has 1 N–H and O–H groups in total. The van der Waals surface area contributed by atoms with Crippen molar-refractivity contribution in [3.8, 4) is 0 Å². The van der Waals surface area contributed by atoms with E-state index in [0.717, 1.165) is 13.0 Å². The quantitative estimate of drug-likeness (QED) is 0.779. The van der Waals surface area contributed by atoms with Crippen LogP contribution in [0.2, 0.25) is 0 Å². The molecule has 2 unspecified atom stereocenters. The van der Waals surface area contributed by atoms with Crippen molar-refractivity contribution in [2.75, 3.05) is 19.6 Å². The van der Waals surface area contributed by atoms with Gasteiger partial charge in [0.15, 0.2) is 0 Å². The van der Waals surface area contributed by atoms with Gasteiger partial charge >= 0.3 is 0 Å². The molecule has 0 aromatic carbocycles. The summed E-state index contributed by atoms with van der Waals surface area (Å²) in [7, 11) is 0. The number of rotatable bonds is 3. The minimum atomic E-state index is -0.0352. The molecule has 1 heterocycles. The van der Waals surface area contributed by atoms with Crippen LogP contribution in [-0.2, 0) is 0 Å². The molecule has 2 rings (SSSR count). The fourth-order valence-electron chi connectivity index (χ4n) is 3.54. The second kappa shape index (κ2) is 6.38. The smallest absolute Gasteiger partial charge is 0.0580 e. The van der Waals surface area contributed by atoms with E-state index in [1.54, 1.807) is 0 Å². The summed E-state index contributed by atoms with van der Waals surface area (Å²) < 4.78 is 0. The van der Waals surface area contributed by atoms with Crippen LogP contribution in [-0.4, -0.2) is 35.7 Å². The van der Waals surface area contributed by atoms with E-state index >= 15 is 0 Å². The number of hydrogen-bond acceptors (Lipinski definition) is 2. The maximum absolute atomic E-state index is 10.2. The van der Waals surface area contributed by atoms with Crippen LogP contribution in [0.1, 0.15) is 65.2 Å². The van der Waals surface area contributed by atoms with Crippen LogP contribution >= 0.6 is 0 Å². The Morgan fingerprint density at radius 1 is 1.11 bits per heavy atom. The Bertz CT molecular complexity index is 245. The highest BCUT2D eigenvalue weighted by Gasteiger charge is 2.30. The molecule has 2 fully saturated rings. The zero-order chi connectivity index (χ0) is 13.0. The Morgan fingerprint density at radius 3 is 2.44 bits per heavy atom. The fourth-order valence-corrected chi connectivity index (χ4v) is 3.54. The number of aliphatic hydroxyl groups is 1. The van der Waals surface area contributed by atoms with Crippen molar-refractivity contribution in [2.24, 2.45) is 11.3 Å². The maximum Gasteiger partial charge on any atom is 0.0580 e. The summed E-state index contributed by atoms with van der Waals surface area (Å²) in [5, 5.41) is 10.2. The summed E-state index contributed by atoms with van der Waals surface area (Å²) in [6.07, 6.45) is 10.1. The lowest BCUT2D eigenvalue weighted by molar-refractivity contribution is 0.0478. The first-order chi connectivity index (χ1) is 8.63. The van der Waals surface area contributed by atoms with Crippen molar-refractivity contribution in [1.82, 2.24) is 4.90 Å². The van der Waals surface area contributed by atoms with Crippen molar-refractivity contribution in [3.63, 3.8) is 0 Å². The summed E-state index contributed by atoms with van der Waals surface area (Å²) in [6, 6.07) is 0. The monoisotopic (exact) mass is 253 g/mol. The third-order valence-electron chi connectivity index (χ3n) is 5.53. The molecule has 0 spiro atoms. The first-order valence-corrected chi connectivity index (χ1v) is 8.03. The van der Waals surface area contributed by atoms with Crippen molar-refractivity contribution < 1.29 is 5.11 Å². The van der Waals surface area contributed by atoms with Gasteiger partial charge in [0.05, 0.1) is 6.10 Å². The summed E-state index contributed by atoms with van der Waals surface area (Å²) in [5.41, 5.74) is 0.582. The predicted octanol–water partition coefficient (Wildman–Crippen LogP) is 3.44. The second-order valence-electron chi connectivity index (χ2n) is 6.93. The van der Waals surface area contributed by atoms with Gasteiger partial charge in [-0.2, -0.15) is 0 Å². The van der Waals surface area contributed by atoms with Crippen molar-refractivity contribution in [2.45, 2.75) is 71.3 Å². The van der Waals surface area contributed by atoms with Gasteiger partial charge in [0.2, 0.25) is 0 Å². The summed E-state index contributed by atoms with van der Waals surface area (Å²) >= 11 is 0. The molecule has 0 bridgehead atoms. The Kier molecular flexibility index (Phi) is 5.08. The third kappa shape index (κ3) is 3.71. The van der Waals surface area contributed by atoms with Gasteiger partial charge in [0.25, 0.3) is 0 Å². The summed E-state index contributed by atoms with van der Waals surface area (Å²) in [4.78, 5) is 2.61. The van der Waals surface area contributed by atoms with Gasteiger partial charge in [-0.05, 0) is 50.1 Å². The second-order valence-corrected chi connectivity index (χ2v) is 6.93. The lowest BCUT2D eigenvalue weighted by Gasteiger charge is -2.40. The molecular formula is C16H31NO. The number of aliphatic hydroxyl groups excluding tert-OH is 1. The van der Waals surface area contributed by atoms with Crippen LogP contribution in [0.15, 0.2) is 0 Å². The molecule has 18 heavy (non-hydrogen) atoms. The van der Waals surface area contributed by atoms with Gasteiger partial charge in [0, 0.05) is 6.54 Å². The zero-order valence-electron chi connectivity index (χ0n) is 12.3. The SMILES string of the molecule is CCC1(C)CCN(CC2CCCCCC2O)CC1. The van der Waals surface area contributed by atoms with E-state index in [1.165, 1.54) is 58.0 Å². The van der Waals surface area contributed by atoms with Gasteiger partial charge in [-0.25, -0.2) is 0 Å². The average molecular weight is 253 g/mol. The average Bonchev–Trinajstić information content (AvgIpc) is 2.58. The Labute approximate surface area is 113 Å². The standard InChI is InChI=1S/C16H31NO/c1-3-16(2)9-11-17(12-10-16)13-14-7-5-4-6-8-15(14)18/h14-15,18H,3-13H2,1-2H3. The largest absolute Gasteiger partial charge is 0.393 e. The molecule has 1 aliphatic carbocycles. The first-order valence-electron chi connectivity index (χ1n) is 8.03. The molecule has 1 saturated carbocycles. The van der Waals surface area contributed by atoms with Gasteiger partial charge < -0.3 is 10.0 Å². The summed E-state index contributed by atoms with van der Waals surface area (Å²) in [6.45, 7) is 8.39. The minimum absolute atomic E-state index is 0.0352. The van der Waals surface area contributed by atoms with Crippen LogP contribution in [0, 0.1) is 11.3 Å². The molecule has 106 valence electrons. The third-order valence-corrected chi connectivity index (χ3v) is 5.53. The van der Waals surface area contributed by atoms with Gasteiger partial charge in [-0.15, -0.1) is 0 Å². The fraction of sp³-hybridized carbons (Fsp3) is 1.00. The van der Waals surface area contributed by atoms with E-state index in [0.29, 0.717) is 11.3 Å². The van der Waals surface area contributed by atoms with Gasteiger partial charge in [-0.3, -0.25) is 0 Å². The van der Waals surface area contributed by atoms with Gasteiger partial charge in [0.1, 0.15) is 0 Å². The van der Waals surface area contributed by atoms with Gasteiger partial charge in [-0.1, -0.05) is 39.5 Å². The molecule has 2 aliphatic rings. The van der Waals surface area contributed by atoms with Crippen LogP contribution in [0.5, 0.6) is 0 Å². The molecule has 1 aliphatic heterocycles. The van der Waals surface area contributed by atoms with Crippen molar-refractivity contribution in [3.05, 3.63) is 0 Å². The van der Waals surface area contributed by atoms with E-state index < -0.39 is 0 Å². The molecule has 2 atom stereocenters. The zero-order valence-corrected chi connectivity index (χ0v) is 12.3. The van der Waals surface area contributed by atoms with Crippen molar-refractivity contribution in [1.29, 1.82) is 0 Å². The first kappa shape index (κ1) is 14.3. The predicted molar refractivity (Wildman–Crippen MR) is 76.7 cm³/mol. The van der Waals surface area contributed by atoms with Crippen LogP contribution in [0.25, 0.3) is 0 Å². The molecule has 0 amide bonds. The van der Waals surface area contributed by atoms with E-state index in [1.807, 2.05) is 0 Å². The van der Waals surface area contributed by atoms with E-state index in [2.05, 4.69) is 18.7 Å².